The first-order valence-electron chi connectivity index (χ1n) is 4.60. The molecule has 3 nitrogen and oxygen atoms in total. The van der Waals surface area contributed by atoms with Crippen molar-refractivity contribution in [2.24, 2.45) is 0 Å². The minimum Gasteiger partial charge on any atom is -0.392 e. The van der Waals surface area contributed by atoms with Gasteiger partial charge >= 0.3 is 0 Å². The van der Waals surface area contributed by atoms with E-state index in [0.717, 1.165) is 0 Å². The highest BCUT2D eigenvalue weighted by atomic mass is 16.3. The molecule has 3 heteroatoms. The molecule has 0 heterocycles. The van der Waals surface area contributed by atoms with Crippen LogP contribution in [0.5, 0.6) is 0 Å². The Labute approximate surface area is 83.0 Å². The lowest BCUT2D eigenvalue weighted by Crippen LogP contribution is -2.07. The zero-order chi connectivity index (χ0) is 10.6. The highest BCUT2D eigenvalue weighted by Crippen LogP contribution is 2.17. The fourth-order valence-electron chi connectivity index (χ4n) is 1.45. The third-order valence-electron chi connectivity index (χ3n) is 2.18. The van der Waals surface area contributed by atoms with E-state index in [1.807, 2.05) is 0 Å². The van der Waals surface area contributed by atoms with E-state index in [4.69, 9.17) is 10.2 Å². The van der Waals surface area contributed by atoms with Gasteiger partial charge in [0.05, 0.1) is 13.2 Å². The van der Waals surface area contributed by atoms with Crippen LogP contribution in [0.15, 0.2) is 18.2 Å². The summed E-state index contributed by atoms with van der Waals surface area (Å²) < 4.78 is 0. The minimum atomic E-state index is -0.172. The molecular formula is C11H14O3. The SMILES string of the molecule is CCC(=O)c1c(CO)cccc1CO. The number of ketones is 1. The molecule has 14 heavy (non-hydrogen) atoms. The van der Waals surface area contributed by atoms with Gasteiger partial charge in [-0.1, -0.05) is 25.1 Å². The molecule has 0 spiro atoms. The molecule has 0 unspecified atom stereocenters. The van der Waals surface area contributed by atoms with Crippen molar-refractivity contribution in [3.8, 4) is 0 Å². The smallest absolute Gasteiger partial charge is 0.163 e. The summed E-state index contributed by atoms with van der Waals surface area (Å²) in [7, 11) is 0. The summed E-state index contributed by atoms with van der Waals surface area (Å²) in [4.78, 5) is 11.6. The molecule has 0 aliphatic carbocycles. The van der Waals surface area contributed by atoms with Crippen LogP contribution < -0.4 is 0 Å². The molecule has 2 N–H and O–H groups in total. The Kier molecular flexibility index (Phi) is 3.80. The molecule has 0 saturated carbocycles. The van der Waals surface area contributed by atoms with E-state index in [1.54, 1.807) is 25.1 Å². The third kappa shape index (κ3) is 2.00. The van der Waals surface area contributed by atoms with Crippen LogP contribution in [0.4, 0.5) is 0 Å². The van der Waals surface area contributed by atoms with Gasteiger partial charge in [0, 0.05) is 12.0 Å². The molecule has 0 bridgehead atoms. The van der Waals surface area contributed by atoms with Gasteiger partial charge in [0.1, 0.15) is 0 Å². The second-order valence-corrected chi connectivity index (χ2v) is 3.04. The van der Waals surface area contributed by atoms with Crippen molar-refractivity contribution in [3.63, 3.8) is 0 Å². The van der Waals surface area contributed by atoms with Gasteiger partial charge in [-0.05, 0) is 11.1 Å². The fraction of sp³-hybridized carbons (Fsp3) is 0.364. The van der Waals surface area contributed by atoms with Gasteiger partial charge in [-0.2, -0.15) is 0 Å². The largest absolute Gasteiger partial charge is 0.392 e. The number of aliphatic hydroxyl groups excluding tert-OH is 2. The van der Waals surface area contributed by atoms with Crippen molar-refractivity contribution in [1.82, 2.24) is 0 Å². The molecule has 1 aromatic rings. The number of Topliss-reactive ketones (excluding diaryl/α,β-unsaturated/α-hetero) is 1. The summed E-state index contributed by atoms with van der Waals surface area (Å²) in [5.41, 5.74) is 1.65. The maximum Gasteiger partial charge on any atom is 0.163 e. The maximum absolute atomic E-state index is 11.6. The number of hydrogen-bond acceptors (Lipinski definition) is 3. The average Bonchev–Trinajstić information content (AvgIpc) is 2.26. The van der Waals surface area contributed by atoms with Gasteiger partial charge in [0.25, 0.3) is 0 Å². The predicted molar refractivity (Wildman–Crippen MR) is 52.9 cm³/mol. The van der Waals surface area contributed by atoms with Gasteiger partial charge in [-0.3, -0.25) is 4.79 Å². The quantitative estimate of drug-likeness (QED) is 0.709. The van der Waals surface area contributed by atoms with Gasteiger partial charge < -0.3 is 10.2 Å². The van der Waals surface area contributed by atoms with Crippen molar-refractivity contribution in [2.75, 3.05) is 0 Å². The lowest BCUT2D eigenvalue weighted by atomic mass is 9.97. The Morgan fingerprint density at radius 2 is 1.71 bits per heavy atom. The number of rotatable bonds is 4. The van der Waals surface area contributed by atoms with Crippen LogP contribution in [0.1, 0.15) is 34.8 Å². The van der Waals surface area contributed by atoms with Crippen LogP contribution in [0.3, 0.4) is 0 Å². The molecule has 0 amide bonds. The number of hydrogen-bond donors (Lipinski definition) is 2. The van der Waals surface area contributed by atoms with Gasteiger partial charge in [-0.25, -0.2) is 0 Å². The average molecular weight is 194 g/mol. The molecule has 76 valence electrons. The van der Waals surface area contributed by atoms with E-state index in [0.29, 0.717) is 23.1 Å². The van der Waals surface area contributed by atoms with E-state index in [-0.39, 0.29) is 19.0 Å². The first-order valence-corrected chi connectivity index (χ1v) is 4.60. The van der Waals surface area contributed by atoms with Crippen LogP contribution in [0, 0.1) is 0 Å². The van der Waals surface area contributed by atoms with Crippen molar-refractivity contribution < 1.29 is 15.0 Å². The standard InChI is InChI=1S/C11H14O3/c1-2-10(14)11-8(6-12)4-3-5-9(11)7-13/h3-5,12-13H,2,6-7H2,1H3. The van der Waals surface area contributed by atoms with Crippen LogP contribution in [0.25, 0.3) is 0 Å². The Morgan fingerprint density at radius 3 is 2.07 bits per heavy atom. The molecule has 0 aliphatic heterocycles. The number of aliphatic hydroxyl groups is 2. The van der Waals surface area contributed by atoms with E-state index in [2.05, 4.69) is 0 Å². The summed E-state index contributed by atoms with van der Waals surface area (Å²) in [6, 6.07) is 5.12. The van der Waals surface area contributed by atoms with Gasteiger partial charge in [0.2, 0.25) is 0 Å². The zero-order valence-electron chi connectivity index (χ0n) is 8.16. The maximum atomic E-state index is 11.6. The Bertz CT molecular complexity index is 309. The summed E-state index contributed by atoms with van der Waals surface area (Å²) in [5, 5.41) is 18.1. The van der Waals surface area contributed by atoms with E-state index >= 15 is 0 Å². The van der Waals surface area contributed by atoms with E-state index in [9.17, 15) is 4.79 Å². The lowest BCUT2D eigenvalue weighted by Gasteiger charge is -2.09. The molecule has 0 fully saturated rings. The Balaban J connectivity index is 3.25. The Hall–Kier alpha value is -1.19. The van der Waals surface area contributed by atoms with E-state index in [1.165, 1.54) is 0 Å². The highest BCUT2D eigenvalue weighted by Gasteiger charge is 2.13. The molecule has 0 aromatic heterocycles. The van der Waals surface area contributed by atoms with Gasteiger partial charge in [0.15, 0.2) is 5.78 Å². The lowest BCUT2D eigenvalue weighted by molar-refractivity contribution is 0.0982. The fourth-order valence-corrected chi connectivity index (χ4v) is 1.45. The first-order chi connectivity index (χ1) is 6.74. The number of carbonyl (C=O) groups excluding carboxylic acids is 1. The number of benzene rings is 1. The van der Waals surface area contributed by atoms with Crippen molar-refractivity contribution >= 4 is 5.78 Å². The summed E-state index contributed by atoms with van der Waals surface area (Å²) in [6.07, 6.45) is 0.379. The van der Waals surface area contributed by atoms with Crippen molar-refractivity contribution in [1.29, 1.82) is 0 Å². The second-order valence-electron chi connectivity index (χ2n) is 3.04. The van der Waals surface area contributed by atoms with Crippen LogP contribution >= 0.6 is 0 Å². The molecule has 0 radical (unpaired) electrons. The third-order valence-corrected chi connectivity index (χ3v) is 2.18. The van der Waals surface area contributed by atoms with Crippen LogP contribution in [-0.2, 0) is 13.2 Å². The second kappa shape index (κ2) is 4.88. The van der Waals surface area contributed by atoms with Crippen LogP contribution in [0.2, 0.25) is 0 Å². The summed E-state index contributed by atoms with van der Waals surface area (Å²) in [5.74, 6) is -0.0429. The molecule has 0 aliphatic rings. The normalized spacial score (nSPS) is 10.2. The molecule has 0 saturated heterocycles. The minimum absolute atomic E-state index is 0.0429. The summed E-state index contributed by atoms with van der Waals surface area (Å²) >= 11 is 0. The topological polar surface area (TPSA) is 57.5 Å². The predicted octanol–water partition coefficient (Wildman–Crippen LogP) is 1.26. The Morgan fingerprint density at radius 1 is 1.21 bits per heavy atom. The zero-order valence-corrected chi connectivity index (χ0v) is 8.16. The molecule has 1 aromatic carbocycles. The summed E-state index contributed by atoms with van der Waals surface area (Å²) in [6.45, 7) is 1.42. The van der Waals surface area contributed by atoms with E-state index < -0.39 is 0 Å². The van der Waals surface area contributed by atoms with Crippen molar-refractivity contribution in [3.05, 3.63) is 34.9 Å². The molecule has 0 atom stereocenters. The monoisotopic (exact) mass is 194 g/mol. The van der Waals surface area contributed by atoms with Gasteiger partial charge in [-0.15, -0.1) is 0 Å². The van der Waals surface area contributed by atoms with Crippen LogP contribution in [-0.4, -0.2) is 16.0 Å². The molecule has 1 rings (SSSR count). The van der Waals surface area contributed by atoms with Crippen molar-refractivity contribution in [2.45, 2.75) is 26.6 Å². The first kappa shape index (κ1) is 10.9. The highest BCUT2D eigenvalue weighted by molar-refractivity contribution is 5.98. The molecular weight excluding hydrogens is 180 g/mol. The number of carbonyl (C=O) groups is 1.